The molecule has 5 atom stereocenters. The van der Waals surface area contributed by atoms with E-state index in [0.29, 0.717) is 0 Å². The predicted molar refractivity (Wildman–Crippen MR) is 40.7 cm³/mol. The van der Waals surface area contributed by atoms with Crippen LogP contribution in [0.1, 0.15) is 13.8 Å². The van der Waals surface area contributed by atoms with E-state index in [1.54, 1.807) is 13.8 Å². The summed E-state index contributed by atoms with van der Waals surface area (Å²) in [5, 5.41) is 19.1. The molecule has 2 aliphatic heterocycles. The summed E-state index contributed by atoms with van der Waals surface area (Å²) in [5.74, 6) is 0. The monoisotopic (exact) mass is 174 g/mol. The Morgan fingerprint density at radius 3 is 2.67 bits per heavy atom. The second kappa shape index (κ2) is 2.42. The molecular weight excluding hydrogens is 160 g/mol. The van der Waals surface area contributed by atoms with Crippen LogP contribution in [0.2, 0.25) is 0 Å². The maximum atomic E-state index is 9.68. The van der Waals surface area contributed by atoms with Crippen LogP contribution in [0.4, 0.5) is 0 Å². The summed E-state index contributed by atoms with van der Waals surface area (Å²) in [6.07, 6.45) is -1.87. The van der Waals surface area contributed by atoms with E-state index in [2.05, 4.69) is 0 Å². The zero-order valence-corrected chi connectivity index (χ0v) is 7.23. The van der Waals surface area contributed by atoms with Gasteiger partial charge in [-0.3, -0.25) is 0 Å². The highest BCUT2D eigenvalue weighted by atomic mass is 16.6. The van der Waals surface area contributed by atoms with Crippen LogP contribution in [0, 0.1) is 0 Å². The number of hydrogen-bond donors (Lipinski definition) is 2. The van der Waals surface area contributed by atoms with E-state index >= 15 is 0 Å². The van der Waals surface area contributed by atoms with Gasteiger partial charge in [0.25, 0.3) is 0 Å². The molecule has 0 bridgehead atoms. The van der Waals surface area contributed by atoms with E-state index < -0.39 is 17.8 Å². The normalized spacial score (nSPS) is 59.0. The highest BCUT2D eigenvalue weighted by Crippen LogP contribution is 2.40. The van der Waals surface area contributed by atoms with Gasteiger partial charge in [-0.25, -0.2) is 0 Å². The van der Waals surface area contributed by atoms with Crippen molar-refractivity contribution in [2.75, 3.05) is 6.61 Å². The molecule has 2 rings (SSSR count). The van der Waals surface area contributed by atoms with Crippen molar-refractivity contribution >= 4 is 0 Å². The number of rotatable bonds is 0. The van der Waals surface area contributed by atoms with Crippen molar-refractivity contribution in [1.82, 2.24) is 0 Å². The SMILES string of the molecule is CC1O[C@@H]2[C@H](O)COC2(C)[C@H]1O. The minimum absolute atomic E-state index is 0.255. The molecule has 70 valence electrons. The third-order valence-corrected chi connectivity index (χ3v) is 2.87. The van der Waals surface area contributed by atoms with E-state index in [4.69, 9.17) is 9.47 Å². The first-order valence-corrected chi connectivity index (χ1v) is 4.21. The molecule has 0 aromatic carbocycles. The topological polar surface area (TPSA) is 58.9 Å². The van der Waals surface area contributed by atoms with E-state index in [0.717, 1.165) is 0 Å². The van der Waals surface area contributed by atoms with E-state index in [9.17, 15) is 10.2 Å². The molecule has 2 N–H and O–H groups in total. The highest BCUT2D eigenvalue weighted by Gasteiger charge is 2.59. The summed E-state index contributed by atoms with van der Waals surface area (Å²) in [6.45, 7) is 3.82. The van der Waals surface area contributed by atoms with Crippen LogP contribution >= 0.6 is 0 Å². The van der Waals surface area contributed by atoms with Gasteiger partial charge in [0.05, 0.1) is 12.7 Å². The molecule has 4 nitrogen and oxygen atoms in total. The molecule has 0 radical (unpaired) electrons. The van der Waals surface area contributed by atoms with Crippen molar-refractivity contribution in [2.45, 2.75) is 43.9 Å². The smallest absolute Gasteiger partial charge is 0.122 e. The van der Waals surface area contributed by atoms with Crippen LogP contribution in [0.15, 0.2) is 0 Å². The first-order valence-electron chi connectivity index (χ1n) is 4.21. The molecule has 0 amide bonds. The van der Waals surface area contributed by atoms with Crippen LogP contribution in [0.25, 0.3) is 0 Å². The Bertz CT molecular complexity index is 195. The van der Waals surface area contributed by atoms with Gasteiger partial charge < -0.3 is 19.7 Å². The van der Waals surface area contributed by atoms with Crippen molar-refractivity contribution in [2.24, 2.45) is 0 Å². The number of hydrogen-bond acceptors (Lipinski definition) is 4. The predicted octanol–water partition coefficient (Wildman–Crippen LogP) is -0.716. The van der Waals surface area contributed by atoms with Crippen LogP contribution < -0.4 is 0 Å². The summed E-state index contributed by atoms with van der Waals surface area (Å²) >= 11 is 0. The molecule has 0 aromatic heterocycles. The summed E-state index contributed by atoms with van der Waals surface area (Å²) in [5.41, 5.74) is -0.709. The third-order valence-electron chi connectivity index (χ3n) is 2.87. The van der Waals surface area contributed by atoms with Gasteiger partial charge >= 0.3 is 0 Å². The molecule has 0 aliphatic carbocycles. The summed E-state index contributed by atoms with van der Waals surface area (Å²) in [7, 11) is 0. The zero-order chi connectivity index (χ0) is 8.93. The molecule has 0 spiro atoms. The molecule has 2 fully saturated rings. The summed E-state index contributed by atoms with van der Waals surface area (Å²) in [4.78, 5) is 0. The lowest BCUT2D eigenvalue weighted by Crippen LogP contribution is -2.44. The average Bonchev–Trinajstić information content (AvgIpc) is 2.42. The van der Waals surface area contributed by atoms with Crippen molar-refractivity contribution in [3.8, 4) is 0 Å². The fraction of sp³-hybridized carbons (Fsp3) is 1.00. The minimum atomic E-state index is -0.709. The van der Waals surface area contributed by atoms with E-state index in [1.807, 2.05) is 0 Å². The Kier molecular flexibility index (Phi) is 1.70. The highest BCUT2D eigenvalue weighted by molar-refractivity contribution is 5.07. The Morgan fingerprint density at radius 1 is 1.42 bits per heavy atom. The second-order valence-corrected chi connectivity index (χ2v) is 3.77. The molecule has 4 heteroatoms. The first kappa shape index (κ1) is 8.44. The maximum absolute atomic E-state index is 9.68. The Morgan fingerprint density at radius 2 is 2.08 bits per heavy atom. The standard InChI is InChI=1S/C8H14O4/c1-4-6(10)8(2)7(12-4)5(9)3-11-8/h4-7,9-10H,3H2,1-2H3/t4?,5-,6+,7-,8?/m1/s1. The van der Waals surface area contributed by atoms with Crippen LogP contribution in [-0.2, 0) is 9.47 Å². The Hall–Kier alpha value is -0.160. The zero-order valence-electron chi connectivity index (χ0n) is 7.23. The fourth-order valence-electron chi connectivity index (χ4n) is 2.07. The molecule has 0 saturated carbocycles. The third kappa shape index (κ3) is 0.864. The van der Waals surface area contributed by atoms with Crippen LogP contribution in [-0.4, -0.2) is 46.8 Å². The van der Waals surface area contributed by atoms with Crippen molar-refractivity contribution in [3.05, 3.63) is 0 Å². The molecule has 2 heterocycles. The summed E-state index contributed by atoms with van der Waals surface area (Å²) in [6, 6.07) is 0. The van der Waals surface area contributed by atoms with Gasteiger partial charge in [0, 0.05) is 0 Å². The van der Waals surface area contributed by atoms with Crippen molar-refractivity contribution in [3.63, 3.8) is 0 Å². The van der Waals surface area contributed by atoms with Crippen molar-refractivity contribution < 1.29 is 19.7 Å². The molecule has 2 aliphatic rings. The lowest BCUT2D eigenvalue weighted by atomic mass is 9.93. The average molecular weight is 174 g/mol. The van der Waals surface area contributed by atoms with Crippen LogP contribution in [0.3, 0.4) is 0 Å². The van der Waals surface area contributed by atoms with Gasteiger partial charge in [0.2, 0.25) is 0 Å². The van der Waals surface area contributed by atoms with Gasteiger partial charge in [-0.1, -0.05) is 0 Å². The van der Waals surface area contributed by atoms with Gasteiger partial charge in [-0.2, -0.15) is 0 Å². The van der Waals surface area contributed by atoms with E-state index in [1.165, 1.54) is 0 Å². The molecule has 2 unspecified atom stereocenters. The van der Waals surface area contributed by atoms with Gasteiger partial charge in [0.1, 0.15) is 23.9 Å². The minimum Gasteiger partial charge on any atom is -0.388 e. The van der Waals surface area contributed by atoms with E-state index in [-0.39, 0.29) is 18.8 Å². The first-order chi connectivity index (χ1) is 5.55. The van der Waals surface area contributed by atoms with Gasteiger partial charge in [-0.05, 0) is 13.8 Å². The summed E-state index contributed by atoms with van der Waals surface area (Å²) < 4.78 is 10.7. The molecule has 2 saturated heterocycles. The molecule has 12 heavy (non-hydrogen) atoms. The fourth-order valence-corrected chi connectivity index (χ4v) is 2.07. The Labute approximate surface area is 71.1 Å². The van der Waals surface area contributed by atoms with Gasteiger partial charge in [0.15, 0.2) is 0 Å². The quantitative estimate of drug-likeness (QED) is 0.509. The molecular formula is C8H14O4. The Balaban J connectivity index is 2.25. The largest absolute Gasteiger partial charge is 0.388 e. The number of ether oxygens (including phenoxy) is 2. The maximum Gasteiger partial charge on any atom is 0.122 e. The van der Waals surface area contributed by atoms with Gasteiger partial charge in [-0.15, -0.1) is 0 Å². The van der Waals surface area contributed by atoms with Crippen LogP contribution in [0.5, 0.6) is 0 Å². The number of fused-ring (bicyclic) bond motifs is 1. The number of aliphatic hydroxyl groups is 2. The lowest BCUT2D eigenvalue weighted by molar-refractivity contribution is -0.0675. The second-order valence-electron chi connectivity index (χ2n) is 3.77. The molecule has 0 aromatic rings. The number of aliphatic hydroxyl groups excluding tert-OH is 2. The van der Waals surface area contributed by atoms with Crippen molar-refractivity contribution in [1.29, 1.82) is 0 Å². The lowest BCUT2D eigenvalue weighted by Gasteiger charge is -2.25.